The first-order valence-corrected chi connectivity index (χ1v) is 10.3. The maximum atomic E-state index is 13.8. The largest absolute Gasteiger partial charge is 0.497 e. The molecule has 0 fully saturated rings. The van der Waals surface area contributed by atoms with Gasteiger partial charge in [-0.2, -0.15) is 0 Å². The van der Waals surface area contributed by atoms with Crippen LogP contribution in [0, 0.1) is 0 Å². The first-order chi connectivity index (χ1) is 16.1. The summed E-state index contributed by atoms with van der Waals surface area (Å²) in [6.07, 6.45) is 0. The van der Waals surface area contributed by atoms with Gasteiger partial charge < -0.3 is 18.9 Å². The summed E-state index contributed by atoms with van der Waals surface area (Å²) in [6, 6.07) is 17.5. The molecule has 0 aliphatic carbocycles. The number of methoxy groups -OCH3 is 3. The molecule has 7 heteroatoms. The highest BCUT2D eigenvalue weighted by Crippen LogP contribution is 2.44. The Morgan fingerprint density at radius 3 is 2.18 bits per heavy atom. The van der Waals surface area contributed by atoms with Crippen LogP contribution < -0.4 is 14.2 Å². The van der Waals surface area contributed by atoms with Crippen LogP contribution in [-0.2, 0) is 4.74 Å². The molecule has 0 saturated heterocycles. The van der Waals surface area contributed by atoms with Crippen LogP contribution in [0.25, 0.3) is 22.2 Å². The molecule has 5 rings (SSSR count). The van der Waals surface area contributed by atoms with Gasteiger partial charge in [0.15, 0.2) is 12.6 Å². The average molecular weight is 443 g/mol. The van der Waals surface area contributed by atoms with Crippen molar-refractivity contribution < 1.29 is 28.5 Å². The molecule has 33 heavy (non-hydrogen) atoms. The Balaban J connectivity index is 1.72. The minimum absolute atomic E-state index is 0.119. The summed E-state index contributed by atoms with van der Waals surface area (Å²) in [5.41, 5.74) is 3.30. The number of fused-ring (bicyclic) bond motifs is 5. The number of nitrogens with zero attached hydrogens (tertiary/aromatic N) is 1. The van der Waals surface area contributed by atoms with E-state index in [0.29, 0.717) is 56.1 Å². The molecule has 0 unspecified atom stereocenters. The molecule has 2 heterocycles. The van der Waals surface area contributed by atoms with E-state index in [2.05, 4.69) is 0 Å². The minimum atomic E-state index is -0.194. The van der Waals surface area contributed by atoms with Gasteiger partial charge >= 0.3 is 0 Å². The van der Waals surface area contributed by atoms with E-state index in [0.717, 1.165) is 0 Å². The average Bonchev–Trinajstić information content (AvgIpc) is 3.34. The highest BCUT2D eigenvalue weighted by molar-refractivity contribution is 6.26. The van der Waals surface area contributed by atoms with Gasteiger partial charge in [-0.25, -0.2) is 0 Å². The second-order valence-corrected chi connectivity index (χ2v) is 7.56. The zero-order valence-corrected chi connectivity index (χ0v) is 18.4. The van der Waals surface area contributed by atoms with E-state index in [1.165, 1.54) is 0 Å². The summed E-state index contributed by atoms with van der Waals surface area (Å²) >= 11 is 0. The lowest BCUT2D eigenvalue weighted by atomic mass is 9.95. The number of ketones is 1. The summed E-state index contributed by atoms with van der Waals surface area (Å²) in [5.74, 6) is 1.41. The third-order valence-corrected chi connectivity index (χ3v) is 5.78. The monoisotopic (exact) mass is 443 g/mol. The number of benzene rings is 3. The van der Waals surface area contributed by atoms with Crippen LogP contribution in [0.2, 0.25) is 0 Å². The fourth-order valence-electron chi connectivity index (χ4n) is 4.22. The molecule has 166 valence electrons. The zero-order valence-electron chi connectivity index (χ0n) is 18.4. The topological polar surface area (TPSA) is 76.0 Å². The molecule has 3 aromatic carbocycles. The van der Waals surface area contributed by atoms with E-state index in [1.54, 1.807) is 80.5 Å². The fourth-order valence-corrected chi connectivity index (χ4v) is 4.22. The highest BCUT2D eigenvalue weighted by Gasteiger charge is 2.35. The summed E-state index contributed by atoms with van der Waals surface area (Å²) in [6.45, 7) is 0.119. The quantitative estimate of drug-likeness (QED) is 0.272. The van der Waals surface area contributed by atoms with Crippen LogP contribution in [0.4, 0.5) is 0 Å². The van der Waals surface area contributed by atoms with Gasteiger partial charge in [-0.3, -0.25) is 14.2 Å². The highest BCUT2D eigenvalue weighted by atomic mass is 16.7. The molecule has 0 saturated carbocycles. The molecule has 7 nitrogen and oxygen atoms in total. The Morgan fingerprint density at radius 2 is 1.48 bits per heavy atom. The van der Waals surface area contributed by atoms with Crippen molar-refractivity contribution in [1.29, 1.82) is 0 Å². The lowest BCUT2D eigenvalue weighted by Crippen LogP contribution is -2.06. The maximum Gasteiger partial charge on any atom is 0.263 e. The van der Waals surface area contributed by atoms with E-state index in [1.807, 2.05) is 6.07 Å². The van der Waals surface area contributed by atoms with Crippen molar-refractivity contribution in [3.8, 4) is 28.5 Å². The second-order valence-electron chi connectivity index (χ2n) is 7.56. The number of ether oxygens (including phenoxy) is 4. The molecule has 4 aromatic rings. The predicted molar refractivity (Wildman–Crippen MR) is 123 cm³/mol. The van der Waals surface area contributed by atoms with Crippen LogP contribution in [0.1, 0.15) is 26.3 Å². The molecular weight excluding hydrogens is 422 g/mol. The van der Waals surface area contributed by atoms with Gasteiger partial charge in [-0.15, -0.1) is 0 Å². The maximum absolute atomic E-state index is 13.8. The molecule has 0 radical (unpaired) electrons. The summed E-state index contributed by atoms with van der Waals surface area (Å²) in [5, 5.41) is 0.678. The molecule has 0 N–H and O–H groups in total. The van der Waals surface area contributed by atoms with Crippen molar-refractivity contribution in [3.63, 3.8) is 0 Å². The van der Waals surface area contributed by atoms with Gasteiger partial charge in [-0.1, -0.05) is 0 Å². The van der Waals surface area contributed by atoms with E-state index >= 15 is 0 Å². The number of rotatable bonds is 7. The molecule has 0 amide bonds. The van der Waals surface area contributed by atoms with Crippen LogP contribution in [0.15, 0.2) is 60.7 Å². The first-order valence-electron chi connectivity index (χ1n) is 10.3. The second kappa shape index (κ2) is 8.11. The summed E-state index contributed by atoms with van der Waals surface area (Å²) in [7, 11) is 4.67. The fraction of sp³-hybridized carbons (Fsp3) is 0.154. The van der Waals surface area contributed by atoms with E-state index in [4.69, 9.17) is 18.9 Å². The Labute approximate surface area is 190 Å². The SMILES string of the molecule is COCOc1ccc(C(=O)c2c3n(c4cc(OC)ccc24)C(=O)c2ccc(OC)cc2-3)cc1. The number of hydrogen-bond acceptors (Lipinski definition) is 6. The van der Waals surface area contributed by atoms with Gasteiger partial charge in [0.1, 0.15) is 17.2 Å². The Hall–Kier alpha value is -4.10. The Bertz CT molecular complexity index is 1400. The summed E-state index contributed by atoms with van der Waals surface area (Å²) in [4.78, 5) is 27.1. The first kappa shape index (κ1) is 20.8. The Kier molecular flexibility index (Phi) is 5.11. The zero-order chi connectivity index (χ0) is 23.1. The number of carbonyl (C=O) groups excluding carboxylic acids is 2. The lowest BCUT2D eigenvalue weighted by molar-refractivity contribution is 0.0511. The van der Waals surface area contributed by atoms with Gasteiger partial charge in [0, 0.05) is 35.3 Å². The van der Waals surface area contributed by atoms with Gasteiger partial charge in [0.25, 0.3) is 5.91 Å². The molecule has 1 aliphatic heterocycles. The van der Waals surface area contributed by atoms with Crippen molar-refractivity contribution in [3.05, 3.63) is 77.4 Å². The van der Waals surface area contributed by atoms with Crippen molar-refractivity contribution in [2.24, 2.45) is 0 Å². The number of carbonyl (C=O) groups is 2. The van der Waals surface area contributed by atoms with Crippen LogP contribution >= 0.6 is 0 Å². The van der Waals surface area contributed by atoms with Gasteiger partial charge in [-0.05, 0) is 54.6 Å². The van der Waals surface area contributed by atoms with Crippen LogP contribution in [0.3, 0.4) is 0 Å². The lowest BCUT2D eigenvalue weighted by Gasteiger charge is -2.08. The van der Waals surface area contributed by atoms with Crippen LogP contribution in [0.5, 0.6) is 17.2 Å². The number of aromatic nitrogens is 1. The molecule has 1 aromatic heterocycles. The van der Waals surface area contributed by atoms with Gasteiger partial charge in [0.05, 0.1) is 31.0 Å². The molecule has 1 aliphatic rings. The minimum Gasteiger partial charge on any atom is -0.497 e. The van der Waals surface area contributed by atoms with Crippen molar-refractivity contribution in [2.45, 2.75) is 0 Å². The van der Waals surface area contributed by atoms with Crippen molar-refractivity contribution >= 4 is 22.6 Å². The van der Waals surface area contributed by atoms with Crippen molar-refractivity contribution in [1.82, 2.24) is 4.57 Å². The standard InChI is InChI=1S/C26H21NO6/c1-30-14-33-16-6-4-15(5-7-16)25(28)23-20-11-9-18(32-3)13-22(20)27-24(23)21-12-17(31-2)8-10-19(21)26(27)29/h4-13H,14H2,1-3H3. The van der Waals surface area contributed by atoms with E-state index in [9.17, 15) is 9.59 Å². The Morgan fingerprint density at radius 1 is 0.818 bits per heavy atom. The predicted octanol–water partition coefficient (Wildman–Crippen LogP) is 4.54. The third kappa shape index (κ3) is 3.25. The van der Waals surface area contributed by atoms with E-state index in [-0.39, 0.29) is 18.5 Å². The third-order valence-electron chi connectivity index (χ3n) is 5.78. The van der Waals surface area contributed by atoms with Gasteiger partial charge in [0.2, 0.25) is 0 Å². The van der Waals surface area contributed by atoms with Crippen LogP contribution in [-0.4, -0.2) is 44.4 Å². The summed E-state index contributed by atoms with van der Waals surface area (Å²) < 4.78 is 22.7. The molecule has 0 spiro atoms. The number of hydrogen-bond donors (Lipinski definition) is 0. The molecular formula is C26H21NO6. The van der Waals surface area contributed by atoms with Crippen molar-refractivity contribution in [2.75, 3.05) is 28.1 Å². The van der Waals surface area contributed by atoms with E-state index < -0.39 is 0 Å². The molecule has 0 atom stereocenters. The normalized spacial score (nSPS) is 11.9. The smallest absolute Gasteiger partial charge is 0.263 e. The molecule has 0 bridgehead atoms.